The highest BCUT2D eigenvalue weighted by atomic mass is 35.5. The van der Waals surface area contributed by atoms with E-state index in [4.69, 9.17) is 16.1 Å². The third-order valence-corrected chi connectivity index (χ3v) is 4.52. The summed E-state index contributed by atoms with van der Waals surface area (Å²) in [6.45, 7) is 3.30. The van der Waals surface area contributed by atoms with Crippen LogP contribution in [0.25, 0.3) is 0 Å². The lowest BCUT2D eigenvalue weighted by molar-refractivity contribution is -0.131. The third kappa shape index (κ3) is 3.14. The fourth-order valence-corrected chi connectivity index (χ4v) is 3.10. The summed E-state index contributed by atoms with van der Waals surface area (Å²) in [5.74, 6) is 0.513. The van der Waals surface area contributed by atoms with Crippen molar-refractivity contribution in [2.45, 2.75) is 32.1 Å². The Labute approximate surface area is 134 Å². The molecule has 0 bridgehead atoms. The number of pyridine rings is 1. The van der Waals surface area contributed by atoms with Crippen molar-refractivity contribution in [2.24, 2.45) is 0 Å². The number of nitrogens with zero attached hydrogens (tertiary/aromatic N) is 3. The molecule has 3 rings (SSSR count). The maximum absolute atomic E-state index is 12.4. The lowest BCUT2D eigenvalue weighted by Crippen LogP contribution is -2.39. The normalized spacial score (nSPS) is 16.0. The van der Waals surface area contributed by atoms with Crippen molar-refractivity contribution in [3.05, 3.63) is 46.6 Å². The Balaban J connectivity index is 1.58. The number of amides is 1. The van der Waals surface area contributed by atoms with Crippen molar-refractivity contribution in [3.63, 3.8) is 0 Å². The molecule has 1 saturated heterocycles. The summed E-state index contributed by atoms with van der Waals surface area (Å²) >= 11 is 5.92. The number of hydrogen-bond donors (Lipinski definition) is 0. The second-order valence-electron chi connectivity index (χ2n) is 5.61. The molecule has 2 aromatic heterocycles. The molecule has 0 radical (unpaired) electrons. The van der Waals surface area contributed by atoms with E-state index in [1.54, 1.807) is 6.92 Å². The fourth-order valence-electron chi connectivity index (χ4n) is 2.86. The van der Waals surface area contributed by atoms with Gasteiger partial charge in [-0.25, -0.2) is 0 Å². The molecule has 1 fully saturated rings. The zero-order valence-electron chi connectivity index (χ0n) is 12.5. The number of halogens is 1. The monoisotopic (exact) mass is 319 g/mol. The topological polar surface area (TPSA) is 59.2 Å². The van der Waals surface area contributed by atoms with Crippen LogP contribution in [0.3, 0.4) is 0 Å². The lowest BCUT2D eigenvalue weighted by atomic mass is 9.93. The average Bonchev–Trinajstić information content (AvgIpc) is 2.88. The highest BCUT2D eigenvalue weighted by Crippen LogP contribution is 2.27. The minimum Gasteiger partial charge on any atom is -0.344 e. The summed E-state index contributed by atoms with van der Waals surface area (Å²) in [6, 6.07) is 5.99. The summed E-state index contributed by atoms with van der Waals surface area (Å²) in [5, 5.41) is 4.00. The molecule has 0 spiro atoms. The number of likely N-dealkylation sites (tertiary alicyclic amines) is 1. The molecule has 1 aliphatic heterocycles. The molecule has 0 aliphatic carbocycles. The number of aromatic nitrogens is 2. The fraction of sp³-hybridized carbons (Fsp3) is 0.438. The second kappa shape index (κ2) is 6.48. The van der Waals surface area contributed by atoms with Crippen LogP contribution in [-0.2, 0) is 11.2 Å². The molecule has 1 aliphatic rings. The third-order valence-electron chi connectivity index (χ3n) is 4.22. The predicted octanol–water partition coefficient (Wildman–Crippen LogP) is 2.98. The molecule has 0 N–H and O–H groups in total. The Morgan fingerprint density at radius 3 is 2.77 bits per heavy atom. The number of aryl methyl sites for hydroxylation is 1. The number of piperidine rings is 1. The highest BCUT2D eigenvalue weighted by molar-refractivity contribution is 6.29. The van der Waals surface area contributed by atoms with Gasteiger partial charge in [0.15, 0.2) is 0 Å². The van der Waals surface area contributed by atoms with Crippen LogP contribution < -0.4 is 0 Å². The Bertz CT molecular complexity index is 629. The molecule has 116 valence electrons. The molecule has 2 aromatic rings. The Morgan fingerprint density at radius 2 is 2.18 bits per heavy atom. The molecule has 1 amide bonds. The summed E-state index contributed by atoms with van der Waals surface area (Å²) in [4.78, 5) is 18.7. The van der Waals surface area contributed by atoms with Crippen molar-refractivity contribution in [1.82, 2.24) is 15.0 Å². The maximum Gasteiger partial charge on any atom is 0.229 e. The Morgan fingerprint density at radius 1 is 1.41 bits per heavy atom. The highest BCUT2D eigenvalue weighted by Gasteiger charge is 2.26. The number of rotatable bonds is 3. The van der Waals surface area contributed by atoms with Crippen molar-refractivity contribution < 1.29 is 9.32 Å². The van der Waals surface area contributed by atoms with E-state index in [-0.39, 0.29) is 17.5 Å². The van der Waals surface area contributed by atoms with E-state index < -0.39 is 0 Å². The lowest BCUT2D eigenvalue weighted by Gasteiger charge is -2.31. The summed E-state index contributed by atoms with van der Waals surface area (Å²) in [7, 11) is 0. The molecule has 0 aromatic carbocycles. The minimum absolute atomic E-state index is 0.0765. The van der Waals surface area contributed by atoms with Gasteiger partial charge in [0.25, 0.3) is 0 Å². The van der Waals surface area contributed by atoms with Crippen LogP contribution in [0.4, 0.5) is 0 Å². The van der Waals surface area contributed by atoms with Gasteiger partial charge in [-0.1, -0.05) is 11.2 Å². The quantitative estimate of drug-likeness (QED) is 0.872. The molecular weight excluding hydrogens is 302 g/mol. The predicted molar refractivity (Wildman–Crippen MR) is 82.7 cm³/mol. The Kier molecular flexibility index (Phi) is 4.43. The van der Waals surface area contributed by atoms with Crippen LogP contribution in [0, 0.1) is 6.92 Å². The van der Waals surface area contributed by atoms with Crippen LogP contribution in [0.5, 0.6) is 0 Å². The van der Waals surface area contributed by atoms with Gasteiger partial charge in [-0.05, 0) is 43.5 Å². The van der Waals surface area contributed by atoms with Crippen LogP contribution in [-0.4, -0.2) is 34.0 Å². The first-order chi connectivity index (χ1) is 10.6. The van der Waals surface area contributed by atoms with Gasteiger partial charge in [0.1, 0.15) is 0 Å². The molecule has 22 heavy (non-hydrogen) atoms. The minimum atomic E-state index is 0.0765. The van der Waals surface area contributed by atoms with Gasteiger partial charge in [0.05, 0.1) is 12.1 Å². The Hall–Kier alpha value is -1.88. The van der Waals surface area contributed by atoms with Gasteiger partial charge >= 0.3 is 0 Å². The largest absolute Gasteiger partial charge is 0.344 e. The SMILES string of the molecule is Cc1noc(Cl)c1CC(=O)N1CCC(c2ccccn2)CC1. The first kappa shape index (κ1) is 15.0. The van der Waals surface area contributed by atoms with Crippen molar-refractivity contribution in [2.75, 3.05) is 13.1 Å². The summed E-state index contributed by atoms with van der Waals surface area (Å²) in [5.41, 5.74) is 2.49. The summed E-state index contributed by atoms with van der Waals surface area (Å²) in [6.07, 6.45) is 3.96. The molecule has 5 nitrogen and oxygen atoms in total. The van der Waals surface area contributed by atoms with Gasteiger partial charge in [-0.3, -0.25) is 9.78 Å². The number of carbonyl (C=O) groups is 1. The summed E-state index contributed by atoms with van der Waals surface area (Å²) < 4.78 is 4.89. The van der Waals surface area contributed by atoms with E-state index in [9.17, 15) is 4.79 Å². The molecule has 3 heterocycles. The second-order valence-corrected chi connectivity index (χ2v) is 5.95. The van der Waals surface area contributed by atoms with Gasteiger partial charge in [-0.2, -0.15) is 0 Å². The van der Waals surface area contributed by atoms with Gasteiger partial charge in [0, 0.05) is 36.5 Å². The van der Waals surface area contributed by atoms with E-state index in [0.29, 0.717) is 17.2 Å². The molecule has 0 saturated carbocycles. The standard InChI is InChI=1S/C16H18ClN3O2/c1-11-13(16(17)22-19-11)10-15(21)20-8-5-12(6-9-20)14-4-2-3-7-18-14/h2-4,7,12H,5-6,8-10H2,1H3. The molecule has 0 atom stereocenters. The average molecular weight is 320 g/mol. The number of hydrogen-bond acceptors (Lipinski definition) is 4. The number of carbonyl (C=O) groups excluding carboxylic acids is 1. The van der Waals surface area contributed by atoms with Crippen LogP contribution in [0.1, 0.15) is 35.7 Å². The zero-order valence-corrected chi connectivity index (χ0v) is 13.2. The van der Waals surface area contributed by atoms with Crippen LogP contribution >= 0.6 is 11.6 Å². The van der Waals surface area contributed by atoms with Gasteiger partial charge in [0.2, 0.25) is 11.1 Å². The van der Waals surface area contributed by atoms with Crippen molar-refractivity contribution in [3.8, 4) is 0 Å². The first-order valence-corrected chi connectivity index (χ1v) is 7.82. The molecule has 0 unspecified atom stereocenters. The van der Waals surface area contributed by atoms with E-state index in [2.05, 4.69) is 16.2 Å². The zero-order chi connectivity index (χ0) is 15.5. The van der Waals surface area contributed by atoms with Crippen LogP contribution in [0.2, 0.25) is 5.22 Å². The van der Waals surface area contributed by atoms with E-state index in [1.165, 1.54) is 0 Å². The first-order valence-electron chi connectivity index (χ1n) is 7.44. The smallest absolute Gasteiger partial charge is 0.229 e. The maximum atomic E-state index is 12.4. The van der Waals surface area contributed by atoms with Gasteiger partial charge < -0.3 is 9.42 Å². The van der Waals surface area contributed by atoms with E-state index >= 15 is 0 Å². The van der Waals surface area contributed by atoms with Crippen molar-refractivity contribution in [1.29, 1.82) is 0 Å². The van der Waals surface area contributed by atoms with Gasteiger partial charge in [-0.15, -0.1) is 0 Å². The van der Waals surface area contributed by atoms with E-state index in [1.807, 2.05) is 23.2 Å². The van der Waals surface area contributed by atoms with Crippen molar-refractivity contribution >= 4 is 17.5 Å². The molecule has 6 heteroatoms. The van der Waals surface area contributed by atoms with Crippen LogP contribution in [0.15, 0.2) is 28.9 Å². The molecular formula is C16H18ClN3O2. The van der Waals surface area contributed by atoms with E-state index in [0.717, 1.165) is 31.6 Å².